The Kier molecular flexibility index (Phi) is 5.84. The van der Waals surface area contributed by atoms with Gasteiger partial charge in [0.05, 0.1) is 20.2 Å². The molecule has 0 unspecified atom stereocenters. The van der Waals surface area contributed by atoms with Gasteiger partial charge in [0, 0.05) is 5.56 Å². The predicted molar refractivity (Wildman–Crippen MR) is 99.7 cm³/mol. The van der Waals surface area contributed by atoms with Crippen molar-refractivity contribution in [3.05, 3.63) is 47.6 Å². The van der Waals surface area contributed by atoms with Gasteiger partial charge in [-0.2, -0.15) is 5.10 Å². The highest BCUT2D eigenvalue weighted by molar-refractivity contribution is 7.91. The highest BCUT2D eigenvalue weighted by Crippen LogP contribution is 2.19. The van der Waals surface area contributed by atoms with Crippen molar-refractivity contribution < 1.29 is 17.9 Å². The number of hydrogen-bond acceptors (Lipinski definition) is 7. The minimum atomic E-state index is -3.67. The number of rotatable bonds is 8. The summed E-state index contributed by atoms with van der Waals surface area (Å²) in [6, 6.07) is 10.3. The molecule has 0 spiro atoms. The smallest absolute Gasteiger partial charge is 0.250 e. The van der Waals surface area contributed by atoms with Gasteiger partial charge in [0.1, 0.15) is 15.8 Å². The minimum Gasteiger partial charge on any atom is -0.497 e. The van der Waals surface area contributed by atoms with Crippen LogP contribution >= 0.6 is 11.3 Å². The third-order valence-electron chi connectivity index (χ3n) is 3.52. The summed E-state index contributed by atoms with van der Waals surface area (Å²) in [6.45, 7) is -0.261. The van der Waals surface area contributed by atoms with Crippen molar-refractivity contribution in [1.29, 1.82) is 0 Å². The Balaban J connectivity index is 1.51. The van der Waals surface area contributed by atoms with E-state index in [0.29, 0.717) is 11.6 Å². The minimum absolute atomic E-state index is 0.0999. The van der Waals surface area contributed by atoms with Gasteiger partial charge in [-0.05, 0) is 35.7 Å². The molecule has 2 heterocycles. The molecular formula is C16H17N5O4S2. The zero-order valence-electron chi connectivity index (χ0n) is 14.3. The molecule has 142 valence electrons. The standard InChI is InChI=1S/C16H17N5O4S2/c1-25-12-6-4-11(5-7-12)16-19-13(20-21-16)9-17-14(22)10-18-27(23,24)15-3-2-8-26-15/h2-8,18H,9-10H2,1H3,(H,17,22)(H,19,20,21). The summed E-state index contributed by atoms with van der Waals surface area (Å²) in [4.78, 5) is 16.2. The van der Waals surface area contributed by atoms with E-state index in [2.05, 4.69) is 25.2 Å². The highest BCUT2D eigenvalue weighted by atomic mass is 32.2. The lowest BCUT2D eigenvalue weighted by atomic mass is 10.2. The molecule has 0 aliphatic rings. The van der Waals surface area contributed by atoms with Crippen molar-refractivity contribution in [3.63, 3.8) is 0 Å². The quantitative estimate of drug-likeness (QED) is 0.514. The summed E-state index contributed by atoms with van der Waals surface area (Å²) in [6.07, 6.45) is 0. The van der Waals surface area contributed by atoms with Gasteiger partial charge in [-0.15, -0.1) is 11.3 Å². The molecule has 0 saturated carbocycles. The molecule has 0 bridgehead atoms. The van der Waals surface area contributed by atoms with E-state index in [9.17, 15) is 13.2 Å². The monoisotopic (exact) mass is 407 g/mol. The van der Waals surface area contributed by atoms with Crippen LogP contribution in [0.4, 0.5) is 0 Å². The van der Waals surface area contributed by atoms with Crippen LogP contribution in [0.15, 0.2) is 46.0 Å². The summed E-state index contributed by atoms with van der Waals surface area (Å²) >= 11 is 1.08. The van der Waals surface area contributed by atoms with Gasteiger partial charge in [0.2, 0.25) is 5.91 Å². The molecule has 3 rings (SSSR count). The molecule has 1 amide bonds. The predicted octanol–water partition coefficient (Wildman–Crippen LogP) is 1.14. The largest absolute Gasteiger partial charge is 0.497 e. The van der Waals surface area contributed by atoms with Gasteiger partial charge < -0.3 is 10.1 Å². The van der Waals surface area contributed by atoms with Gasteiger partial charge in [0.25, 0.3) is 10.0 Å². The van der Waals surface area contributed by atoms with Gasteiger partial charge in [0.15, 0.2) is 5.82 Å². The topological polar surface area (TPSA) is 126 Å². The Labute approximate surface area is 159 Å². The molecule has 0 aliphatic heterocycles. The SMILES string of the molecule is COc1ccc(-c2n[nH]c(CNC(=O)CNS(=O)(=O)c3cccs3)n2)cc1. The highest BCUT2D eigenvalue weighted by Gasteiger charge is 2.16. The van der Waals surface area contributed by atoms with Crippen LogP contribution in [0.5, 0.6) is 5.75 Å². The second-order valence-electron chi connectivity index (χ2n) is 5.37. The number of nitrogens with one attached hydrogen (secondary N) is 3. The molecular weight excluding hydrogens is 390 g/mol. The first-order chi connectivity index (χ1) is 13.0. The number of H-pyrrole nitrogens is 1. The van der Waals surface area contributed by atoms with Crippen LogP contribution in [0.2, 0.25) is 0 Å². The zero-order valence-corrected chi connectivity index (χ0v) is 15.9. The number of carbonyl (C=O) groups is 1. The fraction of sp³-hybridized carbons (Fsp3) is 0.188. The second-order valence-corrected chi connectivity index (χ2v) is 8.31. The summed E-state index contributed by atoms with van der Waals surface area (Å²) in [5.74, 6) is 1.19. The summed E-state index contributed by atoms with van der Waals surface area (Å²) in [7, 11) is -2.08. The average molecular weight is 407 g/mol. The van der Waals surface area contributed by atoms with Gasteiger partial charge in [-0.3, -0.25) is 9.89 Å². The van der Waals surface area contributed by atoms with Crippen LogP contribution in [0.25, 0.3) is 11.4 Å². The van der Waals surface area contributed by atoms with Gasteiger partial charge in [-0.25, -0.2) is 18.1 Å². The summed E-state index contributed by atoms with van der Waals surface area (Å²) in [5.41, 5.74) is 0.799. The number of hydrogen-bond donors (Lipinski definition) is 3. The van der Waals surface area contributed by atoms with Crippen molar-refractivity contribution in [3.8, 4) is 17.1 Å². The third-order valence-corrected chi connectivity index (χ3v) is 6.31. The molecule has 9 nitrogen and oxygen atoms in total. The van der Waals surface area contributed by atoms with E-state index in [0.717, 1.165) is 22.6 Å². The van der Waals surface area contributed by atoms with Crippen LogP contribution in [-0.2, 0) is 21.4 Å². The Bertz CT molecular complexity index is 998. The number of sulfonamides is 1. The Morgan fingerprint density at radius 3 is 2.70 bits per heavy atom. The van der Waals surface area contributed by atoms with Crippen LogP contribution in [-0.4, -0.2) is 43.2 Å². The first-order valence-electron chi connectivity index (χ1n) is 7.83. The maximum absolute atomic E-state index is 12.0. The van der Waals surface area contributed by atoms with Gasteiger partial charge in [-0.1, -0.05) is 6.07 Å². The fourth-order valence-electron chi connectivity index (χ4n) is 2.14. The van der Waals surface area contributed by atoms with Crippen LogP contribution < -0.4 is 14.8 Å². The number of carbonyl (C=O) groups excluding carboxylic acids is 1. The number of amides is 1. The van der Waals surface area contributed by atoms with Crippen molar-refractivity contribution in [2.45, 2.75) is 10.8 Å². The number of thiophene rings is 1. The number of nitrogens with zero attached hydrogens (tertiary/aromatic N) is 2. The van der Waals surface area contributed by atoms with E-state index in [1.54, 1.807) is 30.7 Å². The molecule has 27 heavy (non-hydrogen) atoms. The summed E-state index contributed by atoms with van der Waals surface area (Å²) in [5, 5.41) is 11.1. The third kappa shape index (κ3) is 4.90. The van der Waals surface area contributed by atoms with Crippen LogP contribution in [0, 0.1) is 0 Å². The van der Waals surface area contributed by atoms with E-state index < -0.39 is 15.9 Å². The van der Waals surface area contributed by atoms with E-state index in [1.807, 2.05) is 12.1 Å². The Hall–Kier alpha value is -2.76. The second kappa shape index (κ2) is 8.29. The lowest BCUT2D eigenvalue weighted by Crippen LogP contribution is -2.36. The van der Waals surface area contributed by atoms with E-state index >= 15 is 0 Å². The number of aromatic amines is 1. The number of aromatic nitrogens is 3. The normalized spacial score (nSPS) is 11.3. The molecule has 0 saturated heterocycles. The Morgan fingerprint density at radius 2 is 2.04 bits per heavy atom. The van der Waals surface area contributed by atoms with Crippen molar-refractivity contribution in [2.24, 2.45) is 0 Å². The molecule has 2 aromatic heterocycles. The van der Waals surface area contributed by atoms with E-state index in [4.69, 9.17) is 4.74 Å². The molecule has 0 fully saturated rings. The van der Waals surface area contributed by atoms with Crippen LogP contribution in [0.3, 0.4) is 0 Å². The fourth-order valence-corrected chi connectivity index (χ4v) is 4.16. The molecule has 3 N–H and O–H groups in total. The lowest BCUT2D eigenvalue weighted by molar-refractivity contribution is -0.120. The number of ether oxygens (including phenoxy) is 1. The van der Waals surface area contributed by atoms with Crippen molar-refractivity contribution >= 4 is 27.3 Å². The maximum atomic E-state index is 12.0. The molecule has 1 aromatic carbocycles. The average Bonchev–Trinajstić information content (AvgIpc) is 3.37. The number of methoxy groups -OCH3 is 1. The Morgan fingerprint density at radius 1 is 1.26 bits per heavy atom. The number of benzene rings is 1. The van der Waals surface area contributed by atoms with E-state index in [-0.39, 0.29) is 17.3 Å². The molecule has 0 radical (unpaired) electrons. The molecule has 3 aromatic rings. The first-order valence-corrected chi connectivity index (χ1v) is 10.2. The molecule has 0 aliphatic carbocycles. The molecule has 0 atom stereocenters. The summed E-state index contributed by atoms with van der Waals surface area (Å²) < 4.78 is 31.4. The zero-order chi connectivity index (χ0) is 19.3. The lowest BCUT2D eigenvalue weighted by Gasteiger charge is -2.05. The molecule has 11 heteroatoms. The van der Waals surface area contributed by atoms with Crippen molar-refractivity contribution in [1.82, 2.24) is 25.2 Å². The van der Waals surface area contributed by atoms with Crippen LogP contribution in [0.1, 0.15) is 5.82 Å². The maximum Gasteiger partial charge on any atom is 0.250 e. The van der Waals surface area contributed by atoms with Gasteiger partial charge >= 0.3 is 0 Å². The van der Waals surface area contributed by atoms with E-state index in [1.165, 1.54) is 6.07 Å². The van der Waals surface area contributed by atoms with Crippen molar-refractivity contribution in [2.75, 3.05) is 13.7 Å². The first kappa shape index (κ1) is 19.0.